The number of benzene rings is 3. The second-order valence-corrected chi connectivity index (χ2v) is 12.5. The molecule has 0 aliphatic heterocycles. The summed E-state index contributed by atoms with van der Waals surface area (Å²) in [5.41, 5.74) is 1.09. The molecule has 0 saturated heterocycles. The predicted molar refractivity (Wildman–Crippen MR) is 169 cm³/mol. The second-order valence-electron chi connectivity index (χ2n) is 10.6. The van der Waals surface area contributed by atoms with Crippen molar-refractivity contribution in [1.29, 1.82) is 0 Å². The van der Waals surface area contributed by atoms with E-state index in [-0.39, 0.29) is 29.1 Å². The number of ether oxygens (including phenoxy) is 3. The highest BCUT2D eigenvalue weighted by molar-refractivity contribution is 7.92. The summed E-state index contributed by atoms with van der Waals surface area (Å²) in [6, 6.07) is 19.2. The minimum Gasteiger partial charge on any atom is -0.497 e. The van der Waals surface area contributed by atoms with Crippen LogP contribution in [0.4, 0.5) is 5.69 Å². The number of anilines is 1. The molecule has 0 aromatic heterocycles. The first kappa shape index (κ1) is 32.7. The Balaban J connectivity index is 1.72. The minimum absolute atomic E-state index is 0.0699. The molecule has 10 nitrogen and oxygen atoms in total. The number of nitrogens with one attached hydrogen (secondary N) is 1. The van der Waals surface area contributed by atoms with Gasteiger partial charge in [-0.2, -0.15) is 0 Å². The standard InChI is InChI=1S/C33H41N3O7S/c1-5-29(33(38)34-25-11-9-10-12-25)35(22-24-15-17-27(41-2)18-16-24)32(37)23-36(26-13-7-6-8-14-26)44(39,40)28-19-20-30(42-3)31(21-28)43-4/h6-8,13-21,25,29H,5,9-12,22-23H2,1-4H3,(H,34,38). The van der Waals surface area contributed by atoms with E-state index in [1.165, 1.54) is 37.3 Å². The van der Waals surface area contributed by atoms with Gasteiger partial charge in [-0.05, 0) is 61.2 Å². The van der Waals surface area contributed by atoms with Gasteiger partial charge in [0.05, 0.1) is 31.9 Å². The summed E-state index contributed by atoms with van der Waals surface area (Å²) >= 11 is 0. The van der Waals surface area contributed by atoms with Crippen molar-refractivity contribution >= 4 is 27.5 Å². The molecule has 1 aliphatic carbocycles. The number of rotatable bonds is 14. The molecule has 0 bridgehead atoms. The van der Waals surface area contributed by atoms with Crippen molar-refractivity contribution < 1.29 is 32.2 Å². The Morgan fingerprint density at radius 3 is 2.14 bits per heavy atom. The van der Waals surface area contributed by atoms with Crippen molar-refractivity contribution in [3.05, 3.63) is 78.4 Å². The van der Waals surface area contributed by atoms with Gasteiger partial charge in [0.1, 0.15) is 18.3 Å². The van der Waals surface area contributed by atoms with Crippen LogP contribution in [0.2, 0.25) is 0 Å². The van der Waals surface area contributed by atoms with Gasteiger partial charge in [-0.15, -0.1) is 0 Å². The van der Waals surface area contributed by atoms with Gasteiger partial charge in [0.2, 0.25) is 11.8 Å². The maximum Gasteiger partial charge on any atom is 0.264 e. The van der Waals surface area contributed by atoms with E-state index in [0.29, 0.717) is 23.6 Å². The molecular weight excluding hydrogens is 582 g/mol. The highest BCUT2D eigenvalue weighted by Gasteiger charge is 2.35. The Hall–Kier alpha value is -4.25. The smallest absolute Gasteiger partial charge is 0.264 e. The summed E-state index contributed by atoms with van der Waals surface area (Å²) in [5, 5.41) is 3.12. The van der Waals surface area contributed by atoms with E-state index >= 15 is 0 Å². The van der Waals surface area contributed by atoms with Gasteiger partial charge in [0.25, 0.3) is 10.0 Å². The summed E-state index contributed by atoms with van der Waals surface area (Å²) in [6.45, 7) is 1.44. The molecule has 0 heterocycles. The Labute approximate surface area is 260 Å². The maximum absolute atomic E-state index is 14.3. The van der Waals surface area contributed by atoms with Crippen LogP contribution in [0.5, 0.6) is 17.2 Å². The number of sulfonamides is 1. The molecule has 44 heavy (non-hydrogen) atoms. The summed E-state index contributed by atoms with van der Waals surface area (Å²) in [7, 11) is 0.197. The fraction of sp³-hybridized carbons (Fsp3) is 0.394. The van der Waals surface area contributed by atoms with E-state index < -0.39 is 28.5 Å². The van der Waals surface area contributed by atoms with Crippen molar-refractivity contribution in [2.75, 3.05) is 32.2 Å². The first-order chi connectivity index (χ1) is 21.2. The van der Waals surface area contributed by atoms with Crippen LogP contribution in [0, 0.1) is 0 Å². The van der Waals surface area contributed by atoms with Gasteiger partial charge < -0.3 is 24.4 Å². The van der Waals surface area contributed by atoms with Gasteiger partial charge in [0, 0.05) is 18.7 Å². The van der Waals surface area contributed by atoms with Crippen LogP contribution in [0.1, 0.15) is 44.6 Å². The van der Waals surface area contributed by atoms with E-state index in [9.17, 15) is 18.0 Å². The summed E-state index contributed by atoms with van der Waals surface area (Å²) in [4.78, 5) is 29.3. The Kier molecular flexibility index (Phi) is 11.1. The number of nitrogens with zero attached hydrogens (tertiary/aromatic N) is 2. The van der Waals surface area contributed by atoms with Crippen LogP contribution < -0.4 is 23.8 Å². The molecule has 1 aliphatic rings. The average molecular weight is 624 g/mol. The molecule has 1 N–H and O–H groups in total. The summed E-state index contributed by atoms with van der Waals surface area (Å²) in [6.07, 6.45) is 4.26. The van der Waals surface area contributed by atoms with Crippen molar-refractivity contribution in [2.24, 2.45) is 0 Å². The molecule has 236 valence electrons. The van der Waals surface area contributed by atoms with E-state index in [1.54, 1.807) is 49.6 Å². The molecule has 4 rings (SSSR count). The molecular formula is C33H41N3O7S. The number of para-hydroxylation sites is 1. The zero-order chi connectivity index (χ0) is 31.7. The fourth-order valence-corrected chi connectivity index (χ4v) is 6.87. The van der Waals surface area contributed by atoms with E-state index in [2.05, 4.69) is 5.32 Å². The van der Waals surface area contributed by atoms with Crippen molar-refractivity contribution in [3.8, 4) is 17.2 Å². The maximum atomic E-state index is 14.3. The van der Waals surface area contributed by atoms with E-state index in [4.69, 9.17) is 14.2 Å². The monoisotopic (exact) mass is 623 g/mol. The minimum atomic E-state index is -4.26. The highest BCUT2D eigenvalue weighted by atomic mass is 32.2. The Morgan fingerprint density at radius 2 is 1.55 bits per heavy atom. The molecule has 3 aromatic carbocycles. The van der Waals surface area contributed by atoms with Crippen LogP contribution in [-0.2, 0) is 26.2 Å². The topological polar surface area (TPSA) is 114 Å². The molecule has 0 radical (unpaired) electrons. The Morgan fingerprint density at radius 1 is 0.886 bits per heavy atom. The zero-order valence-electron chi connectivity index (χ0n) is 25.7. The lowest BCUT2D eigenvalue weighted by molar-refractivity contribution is -0.140. The van der Waals surface area contributed by atoms with E-state index in [1.807, 2.05) is 19.1 Å². The number of amides is 2. The van der Waals surface area contributed by atoms with Gasteiger partial charge in [0.15, 0.2) is 11.5 Å². The first-order valence-corrected chi connectivity index (χ1v) is 16.2. The van der Waals surface area contributed by atoms with Gasteiger partial charge in [-0.1, -0.05) is 50.1 Å². The number of hydrogen-bond acceptors (Lipinski definition) is 7. The largest absolute Gasteiger partial charge is 0.497 e. The second kappa shape index (κ2) is 15.0. The van der Waals surface area contributed by atoms with E-state index in [0.717, 1.165) is 35.6 Å². The number of hydrogen-bond donors (Lipinski definition) is 1. The molecule has 1 fully saturated rings. The molecule has 1 saturated carbocycles. The molecule has 1 unspecified atom stereocenters. The lowest BCUT2D eigenvalue weighted by Gasteiger charge is -2.33. The Bertz CT molecular complexity index is 1510. The van der Waals surface area contributed by atoms with Crippen LogP contribution >= 0.6 is 0 Å². The number of carbonyl (C=O) groups excluding carboxylic acids is 2. The SMILES string of the molecule is CCC(C(=O)NC1CCCC1)N(Cc1ccc(OC)cc1)C(=O)CN(c1ccccc1)S(=O)(=O)c1ccc(OC)c(OC)c1. The highest BCUT2D eigenvalue weighted by Crippen LogP contribution is 2.32. The average Bonchev–Trinajstić information content (AvgIpc) is 3.56. The van der Waals surface area contributed by atoms with Gasteiger partial charge >= 0.3 is 0 Å². The molecule has 11 heteroatoms. The van der Waals surface area contributed by atoms with Gasteiger partial charge in [-0.25, -0.2) is 8.42 Å². The summed E-state index contributed by atoms with van der Waals surface area (Å²) < 4.78 is 45.3. The van der Waals surface area contributed by atoms with Gasteiger partial charge in [-0.3, -0.25) is 13.9 Å². The lowest BCUT2D eigenvalue weighted by Crippen LogP contribution is -2.53. The number of methoxy groups -OCH3 is 3. The first-order valence-electron chi connectivity index (χ1n) is 14.7. The molecule has 0 spiro atoms. The third-order valence-electron chi connectivity index (χ3n) is 7.87. The van der Waals surface area contributed by atoms with Crippen LogP contribution in [0.15, 0.2) is 77.7 Å². The molecule has 1 atom stereocenters. The van der Waals surface area contributed by atoms with Crippen molar-refractivity contribution in [2.45, 2.75) is 62.6 Å². The lowest BCUT2D eigenvalue weighted by atomic mass is 10.1. The van der Waals surface area contributed by atoms with Crippen LogP contribution in [-0.4, -0.2) is 65.1 Å². The zero-order valence-corrected chi connectivity index (χ0v) is 26.5. The third-order valence-corrected chi connectivity index (χ3v) is 9.64. The number of carbonyl (C=O) groups is 2. The van der Waals surface area contributed by atoms with Crippen LogP contribution in [0.3, 0.4) is 0 Å². The molecule has 2 amide bonds. The molecule has 3 aromatic rings. The summed E-state index contributed by atoms with van der Waals surface area (Å²) in [5.74, 6) is 0.522. The van der Waals surface area contributed by atoms with Crippen molar-refractivity contribution in [3.63, 3.8) is 0 Å². The third kappa shape index (κ3) is 7.63. The fourth-order valence-electron chi connectivity index (χ4n) is 5.44. The normalized spacial score (nSPS) is 14.0. The van der Waals surface area contributed by atoms with Crippen LogP contribution in [0.25, 0.3) is 0 Å². The quantitative estimate of drug-likeness (QED) is 0.275. The van der Waals surface area contributed by atoms with Crippen molar-refractivity contribution in [1.82, 2.24) is 10.2 Å². The predicted octanol–water partition coefficient (Wildman–Crippen LogP) is 4.77.